The Bertz CT molecular complexity index is 697. The Labute approximate surface area is 137 Å². The van der Waals surface area contributed by atoms with Crippen LogP contribution in [0.3, 0.4) is 0 Å². The lowest BCUT2D eigenvalue weighted by Crippen LogP contribution is -2.21. The van der Waals surface area contributed by atoms with Crippen molar-refractivity contribution in [2.24, 2.45) is 7.05 Å². The second-order valence-electron chi connectivity index (χ2n) is 6.91. The Morgan fingerprint density at radius 2 is 2.04 bits per heavy atom. The fourth-order valence-electron chi connectivity index (χ4n) is 2.40. The van der Waals surface area contributed by atoms with Gasteiger partial charge in [-0.3, -0.25) is 9.48 Å². The number of nitrogens with zero attached hydrogens (tertiary/aromatic N) is 4. The predicted octanol–water partition coefficient (Wildman–Crippen LogP) is 2.43. The predicted molar refractivity (Wildman–Crippen MR) is 91.5 cm³/mol. The Morgan fingerprint density at radius 1 is 1.35 bits per heavy atom. The molecule has 2 rings (SSSR count). The molecule has 0 spiro atoms. The van der Waals surface area contributed by atoms with Crippen LogP contribution in [0.1, 0.15) is 42.4 Å². The lowest BCUT2D eigenvalue weighted by Gasteiger charge is -2.18. The first-order chi connectivity index (χ1) is 10.7. The van der Waals surface area contributed by atoms with Crippen LogP contribution in [0.2, 0.25) is 0 Å². The summed E-state index contributed by atoms with van der Waals surface area (Å²) in [5.74, 6) is 0.647. The van der Waals surface area contributed by atoms with Gasteiger partial charge >= 0.3 is 0 Å². The molecule has 0 aliphatic carbocycles. The van der Waals surface area contributed by atoms with E-state index < -0.39 is 0 Å². The van der Waals surface area contributed by atoms with E-state index in [0.717, 1.165) is 11.3 Å². The van der Waals surface area contributed by atoms with Crippen molar-refractivity contribution in [3.8, 4) is 0 Å². The van der Waals surface area contributed by atoms with Gasteiger partial charge in [0.2, 0.25) is 0 Å². The number of amides is 1. The molecule has 2 aromatic rings. The molecule has 0 aliphatic heterocycles. The molecule has 124 valence electrons. The topological polar surface area (TPSA) is 63.1 Å². The van der Waals surface area contributed by atoms with Crippen molar-refractivity contribution in [3.63, 3.8) is 0 Å². The van der Waals surface area contributed by atoms with E-state index in [9.17, 15) is 4.79 Å². The zero-order valence-electron chi connectivity index (χ0n) is 14.7. The molecular weight excluding hydrogens is 290 g/mol. The van der Waals surface area contributed by atoms with E-state index in [1.54, 1.807) is 37.3 Å². The van der Waals surface area contributed by atoms with E-state index in [4.69, 9.17) is 0 Å². The Balaban J connectivity index is 2.16. The van der Waals surface area contributed by atoms with Gasteiger partial charge in [0.1, 0.15) is 5.82 Å². The van der Waals surface area contributed by atoms with E-state index in [-0.39, 0.29) is 11.3 Å². The molecule has 1 amide bonds. The number of carbonyl (C=O) groups excluding carboxylic acids is 1. The summed E-state index contributed by atoms with van der Waals surface area (Å²) in [6.45, 7) is 7.06. The van der Waals surface area contributed by atoms with Crippen LogP contribution < -0.4 is 5.32 Å². The van der Waals surface area contributed by atoms with Gasteiger partial charge in [0.25, 0.3) is 5.91 Å². The van der Waals surface area contributed by atoms with Crippen LogP contribution in [0.5, 0.6) is 0 Å². The average molecular weight is 315 g/mol. The molecule has 2 aromatic heterocycles. The Morgan fingerprint density at radius 3 is 2.65 bits per heavy atom. The normalized spacial score (nSPS) is 11.4. The van der Waals surface area contributed by atoms with Gasteiger partial charge in [-0.25, -0.2) is 4.98 Å². The Kier molecular flexibility index (Phi) is 4.73. The standard InChI is InChI=1S/C17H25N5O/c1-17(2,3)15-13(11-22(6)20-15)10-19-14-9-12(7-8-18-14)16(23)21(4)5/h7-9,11H,10H2,1-6H3,(H,18,19). The number of rotatable bonds is 4. The maximum Gasteiger partial charge on any atom is 0.253 e. The van der Waals surface area contributed by atoms with Crippen molar-refractivity contribution < 1.29 is 4.79 Å². The number of hydrogen-bond donors (Lipinski definition) is 1. The van der Waals surface area contributed by atoms with E-state index in [1.165, 1.54) is 0 Å². The number of nitrogens with one attached hydrogen (secondary N) is 1. The highest BCUT2D eigenvalue weighted by atomic mass is 16.2. The molecule has 2 heterocycles. The van der Waals surface area contributed by atoms with Gasteiger partial charge < -0.3 is 10.2 Å². The monoisotopic (exact) mass is 315 g/mol. The third kappa shape index (κ3) is 4.09. The number of hydrogen-bond acceptors (Lipinski definition) is 4. The molecule has 0 fully saturated rings. The minimum Gasteiger partial charge on any atom is -0.366 e. The zero-order valence-corrected chi connectivity index (χ0v) is 14.7. The maximum absolute atomic E-state index is 12.0. The summed E-state index contributed by atoms with van der Waals surface area (Å²) in [5, 5.41) is 7.84. The molecule has 0 unspecified atom stereocenters. The molecule has 0 aromatic carbocycles. The molecule has 6 nitrogen and oxygen atoms in total. The summed E-state index contributed by atoms with van der Waals surface area (Å²) in [6, 6.07) is 3.49. The minimum absolute atomic E-state index is 0.0194. The molecule has 0 bridgehead atoms. The van der Waals surface area contributed by atoms with Crippen molar-refractivity contribution in [2.75, 3.05) is 19.4 Å². The van der Waals surface area contributed by atoms with Crippen molar-refractivity contribution in [1.82, 2.24) is 19.7 Å². The molecule has 0 saturated heterocycles. The molecule has 23 heavy (non-hydrogen) atoms. The van der Waals surface area contributed by atoms with E-state index in [1.807, 2.05) is 17.9 Å². The van der Waals surface area contributed by atoms with Crippen LogP contribution in [0.15, 0.2) is 24.5 Å². The van der Waals surface area contributed by atoms with E-state index in [0.29, 0.717) is 17.9 Å². The van der Waals surface area contributed by atoms with Crippen LogP contribution in [-0.2, 0) is 19.0 Å². The summed E-state index contributed by atoms with van der Waals surface area (Å²) in [4.78, 5) is 17.9. The van der Waals surface area contributed by atoms with Gasteiger partial charge in [0.05, 0.1) is 5.69 Å². The van der Waals surface area contributed by atoms with Crippen LogP contribution in [0.4, 0.5) is 5.82 Å². The van der Waals surface area contributed by atoms with E-state index >= 15 is 0 Å². The van der Waals surface area contributed by atoms with Crippen molar-refractivity contribution in [3.05, 3.63) is 41.3 Å². The third-order valence-corrected chi connectivity index (χ3v) is 3.49. The van der Waals surface area contributed by atoms with Crippen LogP contribution in [-0.4, -0.2) is 39.7 Å². The largest absolute Gasteiger partial charge is 0.366 e. The average Bonchev–Trinajstić information content (AvgIpc) is 2.86. The molecule has 0 atom stereocenters. The van der Waals surface area contributed by atoms with Crippen molar-refractivity contribution in [2.45, 2.75) is 32.7 Å². The molecule has 0 radical (unpaired) electrons. The van der Waals surface area contributed by atoms with Gasteiger partial charge in [-0.2, -0.15) is 5.10 Å². The number of anilines is 1. The molecular formula is C17H25N5O. The highest BCUT2D eigenvalue weighted by molar-refractivity contribution is 5.94. The van der Waals surface area contributed by atoms with Gasteiger partial charge in [-0.05, 0) is 12.1 Å². The van der Waals surface area contributed by atoms with Gasteiger partial charge in [-0.15, -0.1) is 0 Å². The number of carbonyl (C=O) groups is 1. The first kappa shape index (κ1) is 17.0. The van der Waals surface area contributed by atoms with Gasteiger partial charge in [0, 0.05) is 56.6 Å². The summed E-state index contributed by atoms with van der Waals surface area (Å²) in [7, 11) is 5.40. The smallest absolute Gasteiger partial charge is 0.253 e. The summed E-state index contributed by atoms with van der Waals surface area (Å²) < 4.78 is 1.83. The van der Waals surface area contributed by atoms with Crippen LogP contribution in [0.25, 0.3) is 0 Å². The third-order valence-electron chi connectivity index (χ3n) is 3.49. The SMILES string of the molecule is CN(C)C(=O)c1ccnc(NCc2cn(C)nc2C(C)(C)C)c1. The molecule has 1 N–H and O–H groups in total. The fraction of sp³-hybridized carbons (Fsp3) is 0.471. The quantitative estimate of drug-likeness (QED) is 0.941. The molecule has 0 saturated carbocycles. The zero-order chi connectivity index (χ0) is 17.2. The lowest BCUT2D eigenvalue weighted by atomic mass is 9.89. The first-order valence-electron chi connectivity index (χ1n) is 7.63. The van der Waals surface area contributed by atoms with Crippen molar-refractivity contribution in [1.29, 1.82) is 0 Å². The van der Waals surface area contributed by atoms with Gasteiger partial charge in [0.15, 0.2) is 0 Å². The highest BCUT2D eigenvalue weighted by Crippen LogP contribution is 2.24. The maximum atomic E-state index is 12.0. The number of pyridine rings is 1. The summed E-state index contributed by atoms with van der Waals surface area (Å²) >= 11 is 0. The second kappa shape index (κ2) is 6.40. The van der Waals surface area contributed by atoms with Gasteiger partial charge in [-0.1, -0.05) is 20.8 Å². The van der Waals surface area contributed by atoms with E-state index in [2.05, 4.69) is 36.2 Å². The summed E-state index contributed by atoms with van der Waals surface area (Å²) in [6.07, 6.45) is 3.66. The fourth-order valence-corrected chi connectivity index (χ4v) is 2.40. The minimum atomic E-state index is -0.0350. The van der Waals surface area contributed by atoms with Crippen LogP contribution in [0, 0.1) is 0 Å². The Hall–Kier alpha value is -2.37. The van der Waals surface area contributed by atoms with Crippen molar-refractivity contribution >= 4 is 11.7 Å². The second-order valence-corrected chi connectivity index (χ2v) is 6.91. The first-order valence-corrected chi connectivity index (χ1v) is 7.63. The molecule has 6 heteroatoms. The summed E-state index contributed by atoms with van der Waals surface area (Å²) in [5.41, 5.74) is 2.79. The highest BCUT2D eigenvalue weighted by Gasteiger charge is 2.21. The number of aryl methyl sites for hydroxylation is 1. The number of aromatic nitrogens is 3. The lowest BCUT2D eigenvalue weighted by molar-refractivity contribution is 0.0827. The molecule has 0 aliphatic rings. The van der Waals surface area contributed by atoms with Crippen LogP contribution >= 0.6 is 0 Å².